The second-order valence-corrected chi connectivity index (χ2v) is 5.70. The fourth-order valence-corrected chi connectivity index (χ4v) is 2.99. The quantitative estimate of drug-likeness (QED) is 0.779. The standard InChI is InChI=1S/C10H15O3P/c1-3-13-14(12,9(2)11)10-7-5-4-6-8-10/h4-9,11H,3H2,1-2H3/t9-,14?/m1/s1. The molecule has 0 bridgehead atoms. The topological polar surface area (TPSA) is 46.5 Å². The Hall–Kier alpha value is -0.630. The van der Waals surface area contributed by atoms with Gasteiger partial charge in [0.25, 0.3) is 7.37 Å². The molecule has 0 saturated carbocycles. The van der Waals surface area contributed by atoms with Crippen LogP contribution in [0.25, 0.3) is 0 Å². The van der Waals surface area contributed by atoms with Crippen LogP contribution >= 0.6 is 7.37 Å². The molecule has 1 aromatic rings. The Morgan fingerprint density at radius 1 is 1.43 bits per heavy atom. The van der Waals surface area contributed by atoms with E-state index >= 15 is 0 Å². The van der Waals surface area contributed by atoms with E-state index in [0.717, 1.165) is 0 Å². The Morgan fingerprint density at radius 2 is 2.00 bits per heavy atom. The lowest BCUT2D eigenvalue weighted by Gasteiger charge is -2.20. The van der Waals surface area contributed by atoms with Crippen molar-refractivity contribution in [2.75, 3.05) is 6.61 Å². The summed E-state index contributed by atoms with van der Waals surface area (Å²) in [4.78, 5) is 0. The molecule has 78 valence electrons. The van der Waals surface area contributed by atoms with E-state index in [-0.39, 0.29) is 0 Å². The molecule has 0 heterocycles. The number of rotatable bonds is 4. The van der Waals surface area contributed by atoms with Gasteiger partial charge in [-0.15, -0.1) is 0 Å². The molecular weight excluding hydrogens is 199 g/mol. The van der Waals surface area contributed by atoms with Crippen LogP contribution in [0.15, 0.2) is 30.3 Å². The van der Waals surface area contributed by atoms with Gasteiger partial charge in [-0.25, -0.2) is 0 Å². The lowest BCUT2D eigenvalue weighted by molar-refractivity contribution is 0.230. The van der Waals surface area contributed by atoms with Gasteiger partial charge in [-0.3, -0.25) is 4.57 Å². The highest BCUT2D eigenvalue weighted by atomic mass is 31.2. The Morgan fingerprint density at radius 3 is 2.43 bits per heavy atom. The number of aliphatic hydroxyl groups excluding tert-OH is 1. The summed E-state index contributed by atoms with van der Waals surface area (Å²) >= 11 is 0. The molecule has 0 aliphatic rings. The maximum Gasteiger partial charge on any atom is 0.259 e. The summed E-state index contributed by atoms with van der Waals surface area (Å²) in [6.45, 7) is 3.58. The van der Waals surface area contributed by atoms with Crippen LogP contribution in [0.5, 0.6) is 0 Å². The largest absolute Gasteiger partial charge is 0.383 e. The molecule has 14 heavy (non-hydrogen) atoms. The number of hydrogen-bond acceptors (Lipinski definition) is 3. The van der Waals surface area contributed by atoms with Crippen molar-refractivity contribution in [2.45, 2.75) is 19.7 Å². The second kappa shape index (κ2) is 4.74. The minimum atomic E-state index is -3.09. The first-order chi connectivity index (χ1) is 6.61. The zero-order valence-corrected chi connectivity index (χ0v) is 9.28. The summed E-state index contributed by atoms with van der Waals surface area (Å²) in [5.41, 5.74) is 0. The maximum absolute atomic E-state index is 12.2. The van der Waals surface area contributed by atoms with Gasteiger partial charge in [0.1, 0.15) is 5.85 Å². The molecule has 1 rings (SSSR count). The van der Waals surface area contributed by atoms with Gasteiger partial charge in [-0.05, 0) is 26.0 Å². The summed E-state index contributed by atoms with van der Waals surface area (Å²) in [6.07, 6.45) is 0. The van der Waals surface area contributed by atoms with Crippen molar-refractivity contribution >= 4 is 12.7 Å². The number of hydrogen-bond donors (Lipinski definition) is 1. The van der Waals surface area contributed by atoms with Crippen LogP contribution in [0.2, 0.25) is 0 Å². The molecule has 1 unspecified atom stereocenters. The van der Waals surface area contributed by atoms with E-state index in [1.165, 1.54) is 6.92 Å². The highest BCUT2D eigenvalue weighted by Crippen LogP contribution is 2.49. The molecule has 1 aromatic carbocycles. The average Bonchev–Trinajstić information content (AvgIpc) is 2.19. The van der Waals surface area contributed by atoms with E-state index in [1.54, 1.807) is 31.2 Å². The van der Waals surface area contributed by atoms with Crippen LogP contribution in [0.4, 0.5) is 0 Å². The van der Waals surface area contributed by atoms with Crippen molar-refractivity contribution in [3.8, 4) is 0 Å². The van der Waals surface area contributed by atoms with Gasteiger partial charge in [0.2, 0.25) is 0 Å². The first-order valence-corrected chi connectivity index (χ1v) is 6.28. The van der Waals surface area contributed by atoms with E-state index in [9.17, 15) is 9.67 Å². The van der Waals surface area contributed by atoms with E-state index in [1.807, 2.05) is 6.07 Å². The second-order valence-electron chi connectivity index (χ2n) is 2.98. The van der Waals surface area contributed by atoms with Crippen LogP contribution < -0.4 is 5.30 Å². The Kier molecular flexibility index (Phi) is 3.87. The zero-order chi connectivity index (χ0) is 10.6. The molecule has 0 aliphatic heterocycles. The molecule has 0 radical (unpaired) electrons. The smallest absolute Gasteiger partial charge is 0.259 e. The molecule has 2 atom stereocenters. The van der Waals surface area contributed by atoms with Crippen LogP contribution in [0.1, 0.15) is 13.8 Å². The Balaban J connectivity index is 3.07. The summed E-state index contributed by atoms with van der Waals surface area (Å²) < 4.78 is 17.4. The summed E-state index contributed by atoms with van der Waals surface area (Å²) in [6, 6.07) is 8.82. The molecule has 0 amide bonds. The minimum absolute atomic E-state index is 0.330. The summed E-state index contributed by atoms with van der Waals surface area (Å²) in [5, 5.41) is 10.0. The minimum Gasteiger partial charge on any atom is -0.383 e. The van der Waals surface area contributed by atoms with Crippen molar-refractivity contribution in [2.24, 2.45) is 0 Å². The summed E-state index contributed by atoms with van der Waals surface area (Å²) in [5.74, 6) is -0.968. The molecule has 0 saturated heterocycles. The average molecular weight is 214 g/mol. The van der Waals surface area contributed by atoms with E-state index < -0.39 is 13.2 Å². The Bertz CT molecular complexity index is 321. The molecular formula is C10H15O3P. The normalized spacial score (nSPS) is 17.4. The molecule has 0 aliphatic carbocycles. The van der Waals surface area contributed by atoms with Crippen LogP contribution in [0, 0.1) is 0 Å². The Labute approximate surface area is 84.2 Å². The van der Waals surface area contributed by atoms with Crippen LogP contribution in [-0.2, 0) is 9.09 Å². The summed E-state index contributed by atoms with van der Waals surface area (Å²) in [7, 11) is -3.09. The van der Waals surface area contributed by atoms with Gasteiger partial charge in [0.15, 0.2) is 0 Å². The highest BCUT2D eigenvalue weighted by molar-refractivity contribution is 7.67. The van der Waals surface area contributed by atoms with Gasteiger partial charge >= 0.3 is 0 Å². The lowest BCUT2D eigenvalue weighted by atomic mass is 10.4. The zero-order valence-electron chi connectivity index (χ0n) is 8.38. The van der Waals surface area contributed by atoms with Gasteiger partial charge in [-0.2, -0.15) is 0 Å². The first-order valence-electron chi connectivity index (χ1n) is 4.59. The van der Waals surface area contributed by atoms with Crippen molar-refractivity contribution < 1.29 is 14.2 Å². The molecule has 1 N–H and O–H groups in total. The molecule has 0 spiro atoms. The number of aliphatic hydroxyl groups is 1. The van der Waals surface area contributed by atoms with Gasteiger partial charge in [0, 0.05) is 5.30 Å². The van der Waals surface area contributed by atoms with E-state index in [4.69, 9.17) is 4.52 Å². The molecule has 4 heteroatoms. The fourth-order valence-electron chi connectivity index (χ4n) is 1.23. The predicted octanol–water partition coefficient (Wildman–Crippen LogP) is 1.96. The first kappa shape index (κ1) is 11.4. The van der Waals surface area contributed by atoms with Gasteiger partial charge < -0.3 is 9.63 Å². The predicted molar refractivity (Wildman–Crippen MR) is 57.0 cm³/mol. The maximum atomic E-state index is 12.2. The van der Waals surface area contributed by atoms with E-state index in [2.05, 4.69) is 0 Å². The lowest BCUT2D eigenvalue weighted by Crippen LogP contribution is -2.16. The number of benzene rings is 1. The fraction of sp³-hybridized carbons (Fsp3) is 0.400. The van der Waals surface area contributed by atoms with E-state index in [0.29, 0.717) is 11.9 Å². The molecule has 0 fully saturated rings. The van der Waals surface area contributed by atoms with Gasteiger partial charge in [0.05, 0.1) is 6.61 Å². The van der Waals surface area contributed by atoms with Gasteiger partial charge in [-0.1, -0.05) is 18.2 Å². The van der Waals surface area contributed by atoms with Crippen LogP contribution in [-0.4, -0.2) is 17.6 Å². The van der Waals surface area contributed by atoms with Crippen molar-refractivity contribution in [1.82, 2.24) is 0 Å². The van der Waals surface area contributed by atoms with Crippen LogP contribution in [0.3, 0.4) is 0 Å². The third kappa shape index (κ3) is 2.24. The molecule has 3 nitrogen and oxygen atoms in total. The third-order valence-electron chi connectivity index (χ3n) is 1.93. The monoisotopic (exact) mass is 214 g/mol. The van der Waals surface area contributed by atoms with Crippen molar-refractivity contribution in [3.05, 3.63) is 30.3 Å². The molecule has 0 aromatic heterocycles. The third-order valence-corrected chi connectivity index (χ3v) is 4.57. The highest BCUT2D eigenvalue weighted by Gasteiger charge is 2.30. The SMILES string of the molecule is CCOP(=O)(c1ccccc1)[C@H](C)O. The van der Waals surface area contributed by atoms with Crippen molar-refractivity contribution in [1.29, 1.82) is 0 Å². The van der Waals surface area contributed by atoms with Crippen molar-refractivity contribution in [3.63, 3.8) is 0 Å².